The second-order valence-corrected chi connectivity index (χ2v) is 4.03. The van der Waals surface area contributed by atoms with E-state index in [1.165, 1.54) is 0 Å². The summed E-state index contributed by atoms with van der Waals surface area (Å²) in [6.07, 6.45) is 1.66. The van der Waals surface area contributed by atoms with E-state index in [-0.39, 0.29) is 19.0 Å². The molecular formula is C14H15Cl2NO3. The van der Waals surface area contributed by atoms with E-state index in [4.69, 9.17) is 21.8 Å². The Bertz CT molecular complexity index is 494. The van der Waals surface area contributed by atoms with Crippen molar-refractivity contribution in [1.29, 1.82) is 0 Å². The van der Waals surface area contributed by atoms with Crippen molar-refractivity contribution in [2.75, 3.05) is 0 Å². The first kappa shape index (κ1) is 18.4. The van der Waals surface area contributed by atoms with E-state index in [9.17, 15) is 4.79 Å². The molecule has 2 aromatic rings. The quantitative estimate of drug-likeness (QED) is 0.854. The molecule has 2 N–H and O–H groups in total. The number of alkyl halides is 1. The second-order valence-electron chi connectivity index (χ2n) is 3.59. The van der Waals surface area contributed by atoms with Crippen LogP contribution in [-0.2, 0) is 11.4 Å². The predicted octanol–water partition coefficient (Wildman–Crippen LogP) is 3.05. The molecule has 1 heterocycles. The number of hydrogen-bond donors (Lipinski definition) is 2. The molecule has 1 unspecified atom stereocenters. The van der Waals surface area contributed by atoms with Crippen LogP contribution in [0.1, 0.15) is 16.6 Å². The summed E-state index contributed by atoms with van der Waals surface area (Å²) in [6.45, 7) is 0.0286. The summed E-state index contributed by atoms with van der Waals surface area (Å²) in [5.41, 5.74) is 1.33. The molecule has 0 saturated heterocycles. The summed E-state index contributed by atoms with van der Waals surface area (Å²) in [4.78, 5) is 14.2. The third-order valence-corrected chi connectivity index (χ3v) is 2.64. The van der Waals surface area contributed by atoms with Gasteiger partial charge in [-0.3, -0.25) is 9.78 Å². The fraction of sp³-hybridized carbons (Fsp3) is 0.143. The molecule has 108 valence electrons. The number of aliphatic hydroxyl groups excluding tert-OH is 1. The van der Waals surface area contributed by atoms with Gasteiger partial charge in [0.25, 0.3) is 0 Å². The maximum Gasteiger partial charge on any atom is 0.326 e. The lowest BCUT2D eigenvalue weighted by atomic mass is 10.1. The fourth-order valence-corrected chi connectivity index (χ4v) is 1.40. The fourth-order valence-electron chi connectivity index (χ4n) is 1.26. The highest BCUT2D eigenvalue weighted by molar-refractivity contribution is 6.29. The highest BCUT2D eigenvalue weighted by Crippen LogP contribution is 2.19. The predicted molar refractivity (Wildman–Crippen MR) is 80.1 cm³/mol. The van der Waals surface area contributed by atoms with Crippen LogP contribution in [0.5, 0.6) is 0 Å². The van der Waals surface area contributed by atoms with E-state index in [0.29, 0.717) is 11.3 Å². The van der Waals surface area contributed by atoms with Gasteiger partial charge in [-0.15, -0.1) is 24.0 Å². The van der Waals surface area contributed by atoms with Gasteiger partial charge in [0.2, 0.25) is 0 Å². The molecule has 0 aliphatic heterocycles. The Kier molecular flexibility index (Phi) is 9.38. The van der Waals surface area contributed by atoms with Crippen LogP contribution in [0.2, 0.25) is 0 Å². The van der Waals surface area contributed by atoms with E-state index in [0.717, 1.165) is 0 Å². The van der Waals surface area contributed by atoms with Gasteiger partial charge in [0.05, 0.1) is 12.3 Å². The number of pyridine rings is 1. The Hall–Kier alpha value is -1.62. The number of aromatic nitrogens is 1. The number of carbonyl (C=O) groups is 1. The third kappa shape index (κ3) is 6.52. The molecule has 0 radical (unpaired) electrons. The molecule has 0 aliphatic carbocycles. The second kappa shape index (κ2) is 10.2. The summed E-state index contributed by atoms with van der Waals surface area (Å²) >= 11 is 5.54. The number of hydrogen-bond acceptors (Lipinski definition) is 3. The number of nitrogens with zero attached hydrogens (tertiary/aromatic N) is 1. The van der Waals surface area contributed by atoms with Gasteiger partial charge in [-0.25, -0.2) is 0 Å². The molecule has 0 fully saturated rings. The lowest BCUT2D eigenvalue weighted by Gasteiger charge is -2.01. The molecule has 0 amide bonds. The smallest absolute Gasteiger partial charge is 0.326 e. The molecule has 20 heavy (non-hydrogen) atoms. The van der Waals surface area contributed by atoms with Crippen molar-refractivity contribution >= 4 is 30.0 Å². The number of halogens is 2. The number of carboxylic acid groups (broad SMARTS) is 1. The average molecular weight is 316 g/mol. The van der Waals surface area contributed by atoms with Gasteiger partial charge in [-0.05, 0) is 17.7 Å². The van der Waals surface area contributed by atoms with E-state index < -0.39 is 11.3 Å². The van der Waals surface area contributed by atoms with Gasteiger partial charge < -0.3 is 10.2 Å². The van der Waals surface area contributed by atoms with Crippen molar-refractivity contribution in [3.8, 4) is 0 Å². The topological polar surface area (TPSA) is 70.4 Å². The summed E-state index contributed by atoms with van der Waals surface area (Å²) in [6, 6.07) is 14.1. The van der Waals surface area contributed by atoms with Crippen LogP contribution in [0.3, 0.4) is 0 Å². The van der Waals surface area contributed by atoms with Crippen LogP contribution in [0.25, 0.3) is 0 Å². The van der Waals surface area contributed by atoms with Crippen molar-refractivity contribution < 1.29 is 15.0 Å². The van der Waals surface area contributed by atoms with Crippen LogP contribution >= 0.6 is 24.0 Å². The molecule has 1 atom stereocenters. The molecular weight excluding hydrogens is 301 g/mol. The van der Waals surface area contributed by atoms with E-state index in [2.05, 4.69) is 4.98 Å². The Balaban J connectivity index is 0.000000359. The molecule has 2 rings (SSSR count). The first-order valence-corrected chi connectivity index (χ1v) is 6.01. The van der Waals surface area contributed by atoms with Crippen LogP contribution in [-0.4, -0.2) is 21.2 Å². The SMILES string of the molecule is Cl.O=C(O)C(Cl)c1ccccc1.OCc1ccccn1. The van der Waals surface area contributed by atoms with Crippen LogP contribution in [0, 0.1) is 0 Å². The first-order valence-electron chi connectivity index (χ1n) is 5.57. The minimum Gasteiger partial charge on any atom is -0.480 e. The number of carboxylic acids is 1. The van der Waals surface area contributed by atoms with Gasteiger partial charge >= 0.3 is 5.97 Å². The number of benzene rings is 1. The van der Waals surface area contributed by atoms with Crippen molar-refractivity contribution in [2.24, 2.45) is 0 Å². The number of rotatable bonds is 3. The van der Waals surface area contributed by atoms with E-state index in [1.807, 2.05) is 18.2 Å². The molecule has 4 nitrogen and oxygen atoms in total. The van der Waals surface area contributed by atoms with Crippen LogP contribution < -0.4 is 0 Å². The van der Waals surface area contributed by atoms with Gasteiger partial charge in [0.15, 0.2) is 5.38 Å². The zero-order valence-corrected chi connectivity index (χ0v) is 12.1. The van der Waals surface area contributed by atoms with Gasteiger partial charge in [-0.1, -0.05) is 36.4 Å². The molecule has 0 spiro atoms. The molecule has 0 saturated carbocycles. The normalized spacial score (nSPS) is 10.5. The van der Waals surface area contributed by atoms with Crippen molar-refractivity contribution in [1.82, 2.24) is 4.98 Å². The highest BCUT2D eigenvalue weighted by atomic mass is 35.5. The highest BCUT2D eigenvalue weighted by Gasteiger charge is 2.14. The molecule has 6 heteroatoms. The molecule has 1 aromatic heterocycles. The summed E-state index contributed by atoms with van der Waals surface area (Å²) in [5.74, 6) is -1.02. The molecule has 0 bridgehead atoms. The van der Waals surface area contributed by atoms with Gasteiger partial charge in [0, 0.05) is 6.20 Å². The zero-order chi connectivity index (χ0) is 14.1. The lowest BCUT2D eigenvalue weighted by Crippen LogP contribution is -2.04. The van der Waals surface area contributed by atoms with Crippen LogP contribution in [0.4, 0.5) is 0 Å². The largest absolute Gasteiger partial charge is 0.480 e. The van der Waals surface area contributed by atoms with Crippen molar-refractivity contribution in [2.45, 2.75) is 12.0 Å². The Morgan fingerprint density at radius 1 is 1.15 bits per heavy atom. The van der Waals surface area contributed by atoms with E-state index >= 15 is 0 Å². The standard InChI is InChI=1S/C8H7ClO2.C6H7NO.ClH/c9-7(8(10)11)6-4-2-1-3-5-6;8-5-6-3-1-2-4-7-6;/h1-5,7H,(H,10,11);1-4,8H,5H2;1H. The number of aliphatic hydroxyl groups is 1. The summed E-state index contributed by atoms with van der Waals surface area (Å²) < 4.78 is 0. The molecule has 1 aromatic carbocycles. The Morgan fingerprint density at radius 3 is 2.15 bits per heavy atom. The lowest BCUT2D eigenvalue weighted by molar-refractivity contribution is -0.136. The maximum atomic E-state index is 10.4. The van der Waals surface area contributed by atoms with Crippen molar-refractivity contribution in [3.05, 3.63) is 66.0 Å². The number of aliphatic carboxylic acids is 1. The average Bonchev–Trinajstić information content (AvgIpc) is 2.48. The minimum absolute atomic E-state index is 0. The Morgan fingerprint density at radius 2 is 1.75 bits per heavy atom. The Labute approximate surface area is 128 Å². The third-order valence-electron chi connectivity index (χ3n) is 2.20. The zero-order valence-electron chi connectivity index (χ0n) is 10.5. The van der Waals surface area contributed by atoms with Gasteiger partial charge in [0.1, 0.15) is 0 Å². The van der Waals surface area contributed by atoms with E-state index in [1.54, 1.807) is 36.5 Å². The van der Waals surface area contributed by atoms with Gasteiger partial charge in [-0.2, -0.15) is 0 Å². The summed E-state index contributed by atoms with van der Waals surface area (Å²) in [7, 11) is 0. The maximum absolute atomic E-state index is 10.4. The monoisotopic (exact) mass is 315 g/mol. The van der Waals surface area contributed by atoms with Crippen molar-refractivity contribution in [3.63, 3.8) is 0 Å². The minimum atomic E-state index is -1.02. The molecule has 0 aliphatic rings. The first-order chi connectivity index (χ1) is 9.15. The summed E-state index contributed by atoms with van der Waals surface area (Å²) in [5, 5.41) is 16.0. The van der Waals surface area contributed by atoms with Crippen LogP contribution in [0.15, 0.2) is 54.7 Å².